The molecule has 0 radical (unpaired) electrons. The van der Waals surface area contributed by atoms with Crippen molar-refractivity contribution in [2.45, 2.75) is 13.1 Å². The van der Waals surface area contributed by atoms with Gasteiger partial charge in [-0.25, -0.2) is 11.4 Å². The molecule has 5 N–H and O–H groups in total. The molecule has 0 atom stereocenters. The van der Waals surface area contributed by atoms with Crippen LogP contribution in [-0.2, 0) is 6.18 Å². The monoisotopic (exact) mass is 232 g/mol. The number of rotatable bonds is 2. The zero-order valence-electron chi connectivity index (χ0n) is 8.47. The highest BCUT2D eigenvalue weighted by Crippen LogP contribution is 2.31. The van der Waals surface area contributed by atoms with Gasteiger partial charge >= 0.3 is 6.18 Å². The lowest BCUT2D eigenvalue weighted by Gasteiger charge is -2.11. The van der Waals surface area contributed by atoms with E-state index in [1.54, 1.807) is 0 Å². The van der Waals surface area contributed by atoms with Gasteiger partial charge in [-0.05, 0) is 24.6 Å². The van der Waals surface area contributed by atoms with Gasteiger partial charge in [0, 0.05) is 5.56 Å². The average molecular weight is 232 g/mol. The van der Waals surface area contributed by atoms with Crippen LogP contribution in [0.1, 0.15) is 16.7 Å². The number of hydrazine groups is 1. The molecule has 1 aromatic rings. The van der Waals surface area contributed by atoms with E-state index in [9.17, 15) is 13.2 Å². The Morgan fingerprint density at radius 2 is 2.00 bits per heavy atom. The van der Waals surface area contributed by atoms with Gasteiger partial charge < -0.3 is 5.73 Å². The summed E-state index contributed by atoms with van der Waals surface area (Å²) in [7, 11) is 0. The molecule has 4 nitrogen and oxygen atoms in total. The van der Waals surface area contributed by atoms with E-state index in [1.807, 2.05) is 5.53 Å². The molecule has 0 bridgehead atoms. The number of benzene rings is 1. The Kier molecular flexibility index (Phi) is 3.38. The second kappa shape index (κ2) is 4.40. The molecule has 1 aromatic carbocycles. The fourth-order valence-electron chi connectivity index (χ4n) is 1.28. The number of aryl methyl sites for hydroxylation is 1. The standard InChI is InChI=1S/C9H11F3N4/c1-5-4-6(8(13)15-16-14)2-3-7(5)9(10,11)12/h2-4,16H,14H2,1H3,(H2,13,15). The van der Waals surface area contributed by atoms with Crippen molar-refractivity contribution in [3.05, 3.63) is 34.9 Å². The Bertz CT molecular complexity index is 412. The van der Waals surface area contributed by atoms with Crippen LogP contribution in [0.25, 0.3) is 0 Å². The van der Waals surface area contributed by atoms with E-state index in [0.717, 1.165) is 6.07 Å². The van der Waals surface area contributed by atoms with Gasteiger partial charge in [-0.2, -0.15) is 13.2 Å². The van der Waals surface area contributed by atoms with E-state index < -0.39 is 11.7 Å². The quantitative estimate of drug-likeness (QED) is 0.309. The molecule has 0 aromatic heterocycles. The highest BCUT2D eigenvalue weighted by Gasteiger charge is 2.32. The Balaban J connectivity index is 3.14. The summed E-state index contributed by atoms with van der Waals surface area (Å²) in [6, 6.07) is 3.51. The van der Waals surface area contributed by atoms with Crippen molar-refractivity contribution in [2.75, 3.05) is 0 Å². The van der Waals surface area contributed by atoms with Gasteiger partial charge in [0.05, 0.1) is 5.56 Å². The molecule has 7 heteroatoms. The molecule has 0 spiro atoms. The molecule has 0 unspecified atom stereocenters. The summed E-state index contributed by atoms with van der Waals surface area (Å²) in [6.45, 7) is 1.36. The van der Waals surface area contributed by atoms with Crippen molar-refractivity contribution in [1.29, 1.82) is 0 Å². The molecule has 88 valence electrons. The largest absolute Gasteiger partial charge is 0.416 e. The molecule has 0 saturated carbocycles. The predicted octanol–water partition coefficient (Wildman–Crippen LogP) is 1.10. The predicted molar refractivity (Wildman–Crippen MR) is 54.2 cm³/mol. The van der Waals surface area contributed by atoms with Crippen LogP contribution in [0.5, 0.6) is 0 Å². The molecule has 0 aliphatic rings. The third kappa shape index (κ3) is 2.63. The van der Waals surface area contributed by atoms with Gasteiger partial charge in [0.1, 0.15) is 0 Å². The Hall–Kier alpha value is -1.76. The van der Waals surface area contributed by atoms with E-state index in [1.165, 1.54) is 19.1 Å². The lowest BCUT2D eigenvalue weighted by Crippen LogP contribution is -2.23. The number of nitrogens with two attached hydrogens (primary N) is 2. The molecule has 0 saturated heterocycles. The van der Waals surface area contributed by atoms with Gasteiger partial charge in [-0.15, -0.1) is 5.10 Å². The fourth-order valence-corrected chi connectivity index (χ4v) is 1.28. The highest BCUT2D eigenvalue weighted by atomic mass is 19.4. The molecule has 0 aliphatic heterocycles. The first-order valence-electron chi connectivity index (χ1n) is 4.33. The second-order valence-corrected chi connectivity index (χ2v) is 3.15. The summed E-state index contributed by atoms with van der Waals surface area (Å²) >= 11 is 0. The maximum absolute atomic E-state index is 12.4. The lowest BCUT2D eigenvalue weighted by molar-refractivity contribution is -0.138. The Morgan fingerprint density at radius 1 is 1.38 bits per heavy atom. The van der Waals surface area contributed by atoms with Crippen molar-refractivity contribution in [1.82, 2.24) is 5.53 Å². The first kappa shape index (κ1) is 12.3. The van der Waals surface area contributed by atoms with Crippen LogP contribution in [0.15, 0.2) is 23.3 Å². The van der Waals surface area contributed by atoms with Crippen molar-refractivity contribution >= 4 is 5.84 Å². The molecule has 0 aliphatic carbocycles. The summed E-state index contributed by atoms with van der Waals surface area (Å²) in [5.41, 5.74) is 7.20. The summed E-state index contributed by atoms with van der Waals surface area (Å²) in [5.74, 6) is 4.93. The third-order valence-corrected chi connectivity index (χ3v) is 2.01. The molecular weight excluding hydrogens is 221 g/mol. The molecule has 0 amide bonds. The minimum absolute atomic E-state index is 0.0272. The first-order chi connectivity index (χ1) is 7.36. The fraction of sp³-hybridized carbons (Fsp3) is 0.222. The van der Waals surface area contributed by atoms with Crippen LogP contribution in [0.4, 0.5) is 13.2 Å². The number of nitrogens with one attached hydrogen (secondary N) is 1. The van der Waals surface area contributed by atoms with Crippen LogP contribution in [0.3, 0.4) is 0 Å². The number of nitrogens with zero attached hydrogens (tertiary/aromatic N) is 1. The Labute approximate surface area is 90.1 Å². The van der Waals surface area contributed by atoms with E-state index >= 15 is 0 Å². The SMILES string of the molecule is Cc1cc(/C(N)=N/NN)ccc1C(F)(F)F. The van der Waals surface area contributed by atoms with Crippen molar-refractivity contribution in [2.24, 2.45) is 16.7 Å². The number of hydrazone groups is 1. The molecule has 0 heterocycles. The van der Waals surface area contributed by atoms with Crippen molar-refractivity contribution < 1.29 is 13.2 Å². The molecule has 1 rings (SSSR count). The number of halogens is 3. The van der Waals surface area contributed by atoms with Crippen molar-refractivity contribution in [3.63, 3.8) is 0 Å². The van der Waals surface area contributed by atoms with Gasteiger partial charge in [-0.1, -0.05) is 6.07 Å². The van der Waals surface area contributed by atoms with Crippen LogP contribution in [0, 0.1) is 6.92 Å². The van der Waals surface area contributed by atoms with Gasteiger partial charge in [-0.3, -0.25) is 0 Å². The summed E-state index contributed by atoms with van der Waals surface area (Å²) in [4.78, 5) is 0. The van der Waals surface area contributed by atoms with Crippen LogP contribution >= 0.6 is 0 Å². The maximum Gasteiger partial charge on any atom is 0.416 e. The topological polar surface area (TPSA) is 76.4 Å². The van der Waals surface area contributed by atoms with Crippen LogP contribution in [0.2, 0.25) is 0 Å². The van der Waals surface area contributed by atoms with E-state index in [-0.39, 0.29) is 11.4 Å². The van der Waals surface area contributed by atoms with Crippen LogP contribution < -0.4 is 17.1 Å². The summed E-state index contributed by atoms with van der Waals surface area (Å²) < 4.78 is 37.3. The summed E-state index contributed by atoms with van der Waals surface area (Å²) in [6.07, 6.45) is -4.36. The van der Waals surface area contributed by atoms with Gasteiger partial charge in [0.25, 0.3) is 0 Å². The zero-order chi connectivity index (χ0) is 12.3. The molecular formula is C9H11F3N4. The zero-order valence-corrected chi connectivity index (χ0v) is 8.47. The van der Waals surface area contributed by atoms with E-state index in [0.29, 0.717) is 5.56 Å². The molecule has 16 heavy (non-hydrogen) atoms. The maximum atomic E-state index is 12.4. The molecule has 0 fully saturated rings. The highest BCUT2D eigenvalue weighted by molar-refractivity contribution is 5.97. The van der Waals surface area contributed by atoms with E-state index in [4.69, 9.17) is 11.6 Å². The number of hydrogen-bond donors (Lipinski definition) is 3. The number of alkyl halides is 3. The minimum Gasteiger partial charge on any atom is -0.382 e. The lowest BCUT2D eigenvalue weighted by atomic mass is 10.0. The number of hydrogen-bond acceptors (Lipinski definition) is 3. The third-order valence-electron chi connectivity index (χ3n) is 2.01. The number of amidine groups is 1. The van der Waals surface area contributed by atoms with Gasteiger partial charge in [0.2, 0.25) is 0 Å². The van der Waals surface area contributed by atoms with E-state index in [2.05, 4.69) is 5.10 Å². The summed E-state index contributed by atoms with van der Waals surface area (Å²) in [5, 5.41) is 3.47. The van der Waals surface area contributed by atoms with Crippen molar-refractivity contribution in [3.8, 4) is 0 Å². The van der Waals surface area contributed by atoms with Gasteiger partial charge in [0.15, 0.2) is 5.84 Å². The second-order valence-electron chi connectivity index (χ2n) is 3.15. The van der Waals surface area contributed by atoms with Crippen LogP contribution in [-0.4, -0.2) is 5.84 Å². The smallest absolute Gasteiger partial charge is 0.382 e. The first-order valence-corrected chi connectivity index (χ1v) is 4.33. The minimum atomic E-state index is -4.36. The normalized spacial score (nSPS) is 12.7. The Morgan fingerprint density at radius 3 is 2.44 bits per heavy atom. The average Bonchev–Trinajstić information content (AvgIpc) is 2.16.